The van der Waals surface area contributed by atoms with Crippen molar-refractivity contribution in [2.45, 2.75) is 51.0 Å². The van der Waals surface area contributed by atoms with E-state index in [4.69, 9.17) is 4.74 Å². The van der Waals surface area contributed by atoms with E-state index < -0.39 is 6.09 Å². The van der Waals surface area contributed by atoms with E-state index in [-0.39, 0.29) is 31.2 Å². The molecule has 6 heteroatoms. The zero-order valence-corrected chi connectivity index (χ0v) is 24.4. The van der Waals surface area contributed by atoms with Crippen LogP contribution in [0.4, 0.5) is 10.5 Å². The first-order valence-corrected chi connectivity index (χ1v) is 14.9. The van der Waals surface area contributed by atoms with Crippen LogP contribution in [-0.2, 0) is 6.54 Å². The van der Waals surface area contributed by atoms with Gasteiger partial charge >= 0.3 is 6.09 Å². The lowest BCUT2D eigenvalue weighted by Gasteiger charge is -2.24. The number of hydrogen-bond acceptors (Lipinski definition) is 4. The number of anilines is 1. The van der Waals surface area contributed by atoms with Gasteiger partial charge in [-0.25, -0.2) is 4.79 Å². The molecule has 0 saturated heterocycles. The highest BCUT2D eigenvalue weighted by atomic mass is 16.6. The summed E-state index contributed by atoms with van der Waals surface area (Å²) in [6.07, 6.45) is 6.04. The Kier molecular flexibility index (Phi) is 9.90. The fourth-order valence-corrected chi connectivity index (χ4v) is 5.51. The summed E-state index contributed by atoms with van der Waals surface area (Å²) in [6, 6.07) is 32.9. The molecule has 1 saturated carbocycles. The van der Waals surface area contributed by atoms with Crippen LogP contribution in [0.25, 0.3) is 11.1 Å². The summed E-state index contributed by atoms with van der Waals surface area (Å²) >= 11 is 0. The number of amides is 2. The number of hydrogen-bond donors (Lipinski definition) is 2. The summed E-state index contributed by atoms with van der Waals surface area (Å²) in [6.45, 7) is 3.99. The van der Waals surface area contributed by atoms with Gasteiger partial charge in [0.25, 0.3) is 5.91 Å². The highest BCUT2D eigenvalue weighted by Crippen LogP contribution is 2.33. The summed E-state index contributed by atoms with van der Waals surface area (Å²) in [7, 11) is 0. The number of carbonyl (C=O) groups excluding carboxylic acids is 2. The summed E-state index contributed by atoms with van der Waals surface area (Å²) < 4.78 is 5.85. The van der Waals surface area contributed by atoms with Crippen LogP contribution < -0.4 is 15.0 Å². The lowest BCUT2D eigenvalue weighted by molar-refractivity contribution is 0.0953. The van der Waals surface area contributed by atoms with Crippen LogP contribution in [0, 0.1) is 0 Å². The molecule has 0 aromatic heterocycles. The Morgan fingerprint density at radius 1 is 0.837 bits per heavy atom. The number of carbonyl (C=O) groups is 2. The Labute approximate surface area is 253 Å². The second kappa shape index (κ2) is 14.4. The average molecular weight is 575 g/mol. The van der Waals surface area contributed by atoms with Crippen LogP contribution in [-0.4, -0.2) is 23.7 Å². The highest BCUT2D eigenvalue weighted by molar-refractivity contribution is 5.97. The molecule has 0 unspecified atom stereocenters. The molecule has 220 valence electrons. The number of aliphatic hydroxyl groups is 1. The molecule has 2 amide bonds. The van der Waals surface area contributed by atoms with E-state index in [0.29, 0.717) is 22.9 Å². The van der Waals surface area contributed by atoms with Crippen molar-refractivity contribution in [1.82, 2.24) is 5.32 Å². The van der Waals surface area contributed by atoms with Crippen molar-refractivity contribution in [3.05, 3.63) is 132 Å². The van der Waals surface area contributed by atoms with Crippen LogP contribution in [0.3, 0.4) is 0 Å². The van der Waals surface area contributed by atoms with Crippen LogP contribution >= 0.6 is 0 Å². The van der Waals surface area contributed by atoms with E-state index in [1.54, 1.807) is 41.3 Å². The van der Waals surface area contributed by atoms with Gasteiger partial charge in [-0.3, -0.25) is 9.69 Å². The zero-order chi connectivity index (χ0) is 30.0. The van der Waals surface area contributed by atoms with Crippen molar-refractivity contribution in [3.63, 3.8) is 0 Å². The van der Waals surface area contributed by atoms with Gasteiger partial charge in [-0.15, -0.1) is 0 Å². The molecule has 5 rings (SSSR count). The van der Waals surface area contributed by atoms with Gasteiger partial charge in [-0.2, -0.15) is 0 Å². The fourth-order valence-electron chi connectivity index (χ4n) is 5.51. The van der Waals surface area contributed by atoms with E-state index in [2.05, 4.69) is 36.2 Å². The predicted molar refractivity (Wildman–Crippen MR) is 172 cm³/mol. The quantitative estimate of drug-likeness (QED) is 0.186. The molecule has 0 bridgehead atoms. The minimum absolute atomic E-state index is 0.00859. The molecule has 43 heavy (non-hydrogen) atoms. The molecule has 4 aromatic rings. The van der Waals surface area contributed by atoms with Gasteiger partial charge < -0.3 is 15.2 Å². The Hall–Kier alpha value is -4.84. The van der Waals surface area contributed by atoms with Gasteiger partial charge in [0.15, 0.2) is 0 Å². The van der Waals surface area contributed by atoms with Crippen molar-refractivity contribution in [2.24, 2.45) is 0 Å². The Balaban J connectivity index is 1.36. The third-order valence-electron chi connectivity index (χ3n) is 7.90. The maximum absolute atomic E-state index is 13.7. The summed E-state index contributed by atoms with van der Waals surface area (Å²) in [5.41, 5.74) is 5.36. The Bertz CT molecular complexity index is 1530. The normalized spacial score (nSPS) is 13.2. The average Bonchev–Trinajstić information content (AvgIpc) is 3.05. The molecule has 2 N–H and O–H groups in total. The van der Waals surface area contributed by atoms with Crippen molar-refractivity contribution < 1.29 is 19.4 Å². The molecule has 1 fully saturated rings. The molecule has 0 radical (unpaired) electrons. The largest absolute Gasteiger partial charge is 0.513 e. The lowest BCUT2D eigenvalue weighted by Crippen LogP contribution is -2.33. The fraction of sp³-hybridized carbons (Fsp3) is 0.243. The zero-order valence-electron chi connectivity index (χ0n) is 24.4. The van der Waals surface area contributed by atoms with Gasteiger partial charge in [0.05, 0.1) is 12.3 Å². The monoisotopic (exact) mass is 574 g/mol. The Morgan fingerprint density at radius 2 is 1.53 bits per heavy atom. The van der Waals surface area contributed by atoms with Gasteiger partial charge in [0.2, 0.25) is 0 Å². The van der Waals surface area contributed by atoms with Crippen molar-refractivity contribution in [2.75, 3.05) is 11.4 Å². The first-order valence-electron chi connectivity index (χ1n) is 14.9. The number of aliphatic hydroxyl groups excluding tert-OH is 1. The van der Waals surface area contributed by atoms with E-state index in [1.807, 2.05) is 42.5 Å². The summed E-state index contributed by atoms with van der Waals surface area (Å²) in [5, 5.41) is 12.1. The number of benzene rings is 4. The second-order valence-electron chi connectivity index (χ2n) is 11.0. The highest BCUT2D eigenvalue weighted by Gasteiger charge is 2.21. The molecule has 0 spiro atoms. The summed E-state index contributed by atoms with van der Waals surface area (Å²) in [5.74, 6) is 0.736. The van der Waals surface area contributed by atoms with Crippen LogP contribution in [0.15, 0.2) is 115 Å². The molecule has 4 aromatic carbocycles. The molecule has 0 aliphatic heterocycles. The lowest BCUT2D eigenvalue weighted by atomic mass is 9.84. The number of ether oxygens (including phenoxy) is 1. The SMILES string of the molecule is C=C(O)CCNC(=O)c1cccc(N(Cc2ccc(C3CCCCC3)cc2)C(=O)Oc2ccc(-c3ccccc3)cc2)c1. The number of nitrogens with one attached hydrogen (secondary N) is 1. The standard InChI is InChI=1S/C37H38N2O4/c1-27(40)23-24-38-36(41)33-13-8-14-34(25-33)39(26-28-15-17-31(18-16-28)29-9-4-2-5-10-29)37(42)43-35-21-19-32(20-22-35)30-11-6-3-7-12-30/h3,6-8,11-22,25,29,40H,1-2,4-5,9-10,23-24,26H2,(H,38,41). The van der Waals surface area contributed by atoms with E-state index in [9.17, 15) is 14.7 Å². The van der Waals surface area contributed by atoms with E-state index in [1.165, 1.54) is 37.7 Å². The maximum atomic E-state index is 13.7. The van der Waals surface area contributed by atoms with E-state index >= 15 is 0 Å². The predicted octanol–water partition coefficient (Wildman–Crippen LogP) is 8.80. The van der Waals surface area contributed by atoms with Gasteiger partial charge in [-0.05, 0) is 71.3 Å². The molecule has 0 atom stereocenters. The summed E-state index contributed by atoms with van der Waals surface area (Å²) in [4.78, 5) is 28.0. The molecule has 6 nitrogen and oxygen atoms in total. The minimum Gasteiger partial charge on any atom is -0.513 e. The first-order chi connectivity index (χ1) is 21.0. The number of rotatable bonds is 10. The minimum atomic E-state index is -0.544. The van der Waals surface area contributed by atoms with Crippen LogP contribution in [0.5, 0.6) is 5.75 Å². The maximum Gasteiger partial charge on any atom is 0.420 e. The van der Waals surface area contributed by atoms with E-state index in [0.717, 1.165) is 16.7 Å². The molecule has 1 aliphatic carbocycles. The van der Waals surface area contributed by atoms with Crippen molar-refractivity contribution in [1.29, 1.82) is 0 Å². The van der Waals surface area contributed by atoms with Gasteiger partial charge in [0, 0.05) is 24.2 Å². The molecule has 1 aliphatic rings. The number of nitrogens with zero attached hydrogens (tertiary/aromatic N) is 1. The van der Waals surface area contributed by atoms with Gasteiger partial charge in [-0.1, -0.05) is 98.6 Å². The first kappa shape index (κ1) is 29.6. The smallest absolute Gasteiger partial charge is 0.420 e. The second-order valence-corrected chi connectivity index (χ2v) is 11.0. The topological polar surface area (TPSA) is 78.9 Å². The van der Waals surface area contributed by atoms with Crippen LogP contribution in [0.1, 0.15) is 65.9 Å². The third kappa shape index (κ3) is 8.13. The molecular formula is C37H38N2O4. The molecule has 0 heterocycles. The van der Waals surface area contributed by atoms with Crippen molar-refractivity contribution in [3.8, 4) is 16.9 Å². The molecular weight excluding hydrogens is 536 g/mol. The third-order valence-corrected chi connectivity index (χ3v) is 7.90. The van der Waals surface area contributed by atoms with Crippen LogP contribution in [0.2, 0.25) is 0 Å². The van der Waals surface area contributed by atoms with Crippen molar-refractivity contribution >= 4 is 17.7 Å². The van der Waals surface area contributed by atoms with Gasteiger partial charge in [0.1, 0.15) is 5.75 Å². The Morgan fingerprint density at radius 3 is 2.23 bits per heavy atom.